The van der Waals surface area contributed by atoms with Crippen LogP contribution in [-0.4, -0.2) is 13.2 Å². The molecule has 3 nitrogen and oxygen atoms in total. The molecule has 0 amide bonds. The van der Waals surface area contributed by atoms with Gasteiger partial charge < -0.3 is 9.05 Å². The fraction of sp³-hybridized carbons (Fsp3) is 0.455. The molecule has 1 rings (SSSR count). The Kier molecular flexibility index (Phi) is 5.60. The summed E-state index contributed by atoms with van der Waals surface area (Å²) in [5, 5.41) is -0.0351. The van der Waals surface area contributed by atoms with Gasteiger partial charge in [0.15, 0.2) is 0 Å². The fourth-order valence-electron chi connectivity index (χ4n) is 1.40. The van der Waals surface area contributed by atoms with Crippen molar-refractivity contribution in [2.45, 2.75) is 20.0 Å². The van der Waals surface area contributed by atoms with E-state index in [9.17, 15) is 8.96 Å². The molecule has 0 saturated carbocycles. The summed E-state index contributed by atoms with van der Waals surface area (Å²) in [6.45, 7) is 3.98. The van der Waals surface area contributed by atoms with Gasteiger partial charge in [-0.15, -0.1) is 0 Å². The standard InChI is InChI=1S/C11H15ClFO3P/c1-3-15-17(14,16-4-2)8-9-6-5-7-10(13)11(9)12/h5-7H,3-4,8H2,1-2H3. The van der Waals surface area contributed by atoms with Crippen molar-refractivity contribution < 1.29 is 18.0 Å². The van der Waals surface area contributed by atoms with Crippen LogP contribution in [0.2, 0.25) is 5.02 Å². The predicted octanol–water partition coefficient (Wildman–Crippen LogP) is 4.25. The van der Waals surface area contributed by atoms with Crippen LogP contribution in [0.25, 0.3) is 0 Å². The van der Waals surface area contributed by atoms with Gasteiger partial charge >= 0.3 is 7.60 Å². The summed E-state index contributed by atoms with van der Waals surface area (Å²) in [4.78, 5) is 0. The first-order chi connectivity index (χ1) is 8.02. The highest BCUT2D eigenvalue weighted by Gasteiger charge is 2.25. The molecule has 0 aliphatic rings. The summed E-state index contributed by atoms with van der Waals surface area (Å²) >= 11 is 5.79. The average molecular weight is 281 g/mol. The van der Waals surface area contributed by atoms with Crippen LogP contribution in [0, 0.1) is 5.82 Å². The minimum absolute atomic E-state index is 0.0225. The van der Waals surface area contributed by atoms with Crippen molar-refractivity contribution in [3.8, 4) is 0 Å². The Morgan fingerprint density at radius 1 is 1.29 bits per heavy atom. The molecule has 0 unspecified atom stereocenters. The van der Waals surface area contributed by atoms with Crippen molar-refractivity contribution in [1.29, 1.82) is 0 Å². The Bertz CT molecular complexity index is 415. The smallest absolute Gasteiger partial charge is 0.309 e. The van der Waals surface area contributed by atoms with Gasteiger partial charge in [0.1, 0.15) is 5.82 Å². The molecule has 0 heterocycles. The van der Waals surface area contributed by atoms with Crippen LogP contribution in [0.4, 0.5) is 4.39 Å². The van der Waals surface area contributed by atoms with Gasteiger partial charge in [-0.1, -0.05) is 23.7 Å². The SMILES string of the molecule is CCOP(=O)(Cc1cccc(F)c1Cl)OCC. The van der Waals surface area contributed by atoms with Crippen molar-refractivity contribution in [2.24, 2.45) is 0 Å². The van der Waals surface area contributed by atoms with Crippen LogP contribution in [0.5, 0.6) is 0 Å². The normalized spacial score (nSPS) is 11.8. The van der Waals surface area contributed by atoms with Gasteiger partial charge in [-0.3, -0.25) is 4.57 Å². The van der Waals surface area contributed by atoms with Crippen LogP contribution < -0.4 is 0 Å². The first-order valence-corrected chi connectivity index (χ1v) is 7.44. The van der Waals surface area contributed by atoms with Crippen molar-refractivity contribution >= 4 is 19.2 Å². The van der Waals surface area contributed by atoms with Crippen LogP contribution in [0.1, 0.15) is 19.4 Å². The predicted molar refractivity (Wildman–Crippen MR) is 66.0 cm³/mol. The van der Waals surface area contributed by atoms with Gasteiger partial charge in [-0.05, 0) is 25.5 Å². The van der Waals surface area contributed by atoms with Gasteiger partial charge in [0.25, 0.3) is 0 Å². The number of hydrogen-bond acceptors (Lipinski definition) is 3. The summed E-state index contributed by atoms with van der Waals surface area (Å²) < 4.78 is 35.7. The molecule has 0 aliphatic heterocycles. The second-order valence-corrected chi connectivity index (χ2v) is 5.75. The van der Waals surface area contributed by atoms with E-state index in [-0.39, 0.29) is 24.4 Å². The Morgan fingerprint density at radius 2 is 1.88 bits per heavy atom. The van der Waals surface area contributed by atoms with E-state index < -0.39 is 13.4 Å². The van der Waals surface area contributed by atoms with Crippen LogP contribution in [0.3, 0.4) is 0 Å². The molecule has 0 aliphatic carbocycles. The maximum atomic E-state index is 13.2. The lowest BCUT2D eigenvalue weighted by Crippen LogP contribution is -2.00. The molecule has 0 radical (unpaired) electrons. The highest BCUT2D eigenvalue weighted by atomic mass is 35.5. The van der Waals surface area contributed by atoms with Gasteiger partial charge in [-0.25, -0.2) is 4.39 Å². The minimum Gasteiger partial charge on any atom is -0.309 e. The molecule has 0 atom stereocenters. The highest BCUT2D eigenvalue weighted by molar-refractivity contribution is 7.53. The molecule has 1 aromatic carbocycles. The molecule has 17 heavy (non-hydrogen) atoms. The molecule has 0 fully saturated rings. The summed E-state index contributed by atoms with van der Waals surface area (Å²) in [5.74, 6) is -0.538. The molecule has 96 valence electrons. The maximum absolute atomic E-state index is 13.2. The molecule has 0 bridgehead atoms. The zero-order valence-corrected chi connectivity index (χ0v) is 11.4. The van der Waals surface area contributed by atoms with E-state index in [1.54, 1.807) is 19.9 Å². The van der Waals surface area contributed by atoms with Gasteiger partial charge in [0, 0.05) is 0 Å². The molecule has 0 aromatic heterocycles. The maximum Gasteiger partial charge on any atom is 0.335 e. The number of hydrogen-bond donors (Lipinski definition) is 0. The highest BCUT2D eigenvalue weighted by Crippen LogP contribution is 2.52. The Hall–Kier alpha value is -0.410. The second kappa shape index (κ2) is 6.50. The Morgan fingerprint density at radius 3 is 2.41 bits per heavy atom. The van der Waals surface area contributed by atoms with E-state index in [0.29, 0.717) is 5.56 Å². The van der Waals surface area contributed by atoms with E-state index in [0.717, 1.165) is 0 Å². The van der Waals surface area contributed by atoms with Crippen LogP contribution in [0.15, 0.2) is 18.2 Å². The third kappa shape index (κ3) is 4.07. The van der Waals surface area contributed by atoms with E-state index in [1.165, 1.54) is 12.1 Å². The zero-order chi connectivity index (χ0) is 12.9. The van der Waals surface area contributed by atoms with E-state index in [4.69, 9.17) is 20.6 Å². The average Bonchev–Trinajstić information content (AvgIpc) is 2.25. The molecular formula is C11H15ClFO3P. The summed E-state index contributed by atoms with van der Waals surface area (Å²) in [5.41, 5.74) is 0.428. The lowest BCUT2D eigenvalue weighted by atomic mass is 10.2. The molecule has 6 heteroatoms. The van der Waals surface area contributed by atoms with Crippen LogP contribution in [-0.2, 0) is 19.8 Å². The number of benzene rings is 1. The van der Waals surface area contributed by atoms with Crippen molar-refractivity contribution in [2.75, 3.05) is 13.2 Å². The molecule has 0 saturated heterocycles. The van der Waals surface area contributed by atoms with Crippen LogP contribution >= 0.6 is 19.2 Å². The molecule has 0 N–H and O–H groups in total. The van der Waals surface area contributed by atoms with E-state index in [1.807, 2.05) is 0 Å². The zero-order valence-electron chi connectivity index (χ0n) is 9.78. The Labute approximate surface area is 105 Å². The third-order valence-electron chi connectivity index (χ3n) is 2.05. The van der Waals surface area contributed by atoms with E-state index >= 15 is 0 Å². The first-order valence-electron chi connectivity index (χ1n) is 5.33. The first kappa shape index (κ1) is 14.7. The largest absolute Gasteiger partial charge is 0.335 e. The fourth-order valence-corrected chi connectivity index (χ4v) is 3.41. The lowest BCUT2D eigenvalue weighted by molar-refractivity contribution is 0.219. The number of rotatable bonds is 6. The summed E-state index contributed by atoms with van der Waals surface area (Å²) in [7, 11) is -3.24. The summed E-state index contributed by atoms with van der Waals surface area (Å²) in [6.07, 6.45) is -0.0225. The lowest BCUT2D eigenvalue weighted by Gasteiger charge is -2.17. The second-order valence-electron chi connectivity index (χ2n) is 3.32. The number of halogens is 2. The van der Waals surface area contributed by atoms with Crippen molar-refractivity contribution in [3.05, 3.63) is 34.6 Å². The summed E-state index contributed by atoms with van der Waals surface area (Å²) in [6, 6.07) is 4.37. The third-order valence-corrected chi connectivity index (χ3v) is 4.50. The molecule has 0 spiro atoms. The minimum atomic E-state index is -3.24. The van der Waals surface area contributed by atoms with Gasteiger partial charge in [-0.2, -0.15) is 0 Å². The van der Waals surface area contributed by atoms with E-state index in [2.05, 4.69) is 0 Å². The Balaban J connectivity index is 2.93. The van der Waals surface area contributed by atoms with Crippen molar-refractivity contribution in [1.82, 2.24) is 0 Å². The molecular weight excluding hydrogens is 266 g/mol. The topological polar surface area (TPSA) is 35.5 Å². The quantitative estimate of drug-likeness (QED) is 0.731. The van der Waals surface area contributed by atoms with Gasteiger partial charge in [0.05, 0.1) is 24.4 Å². The van der Waals surface area contributed by atoms with Crippen molar-refractivity contribution in [3.63, 3.8) is 0 Å². The van der Waals surface area contributed by atoms with Gasteiger partial charge in [0.2, 0.25) is 0 Å². The molecule has 1 aromatic rings. The monoisotopic (exact) mass is 280 g/mol.